The van der Waals surface area contributed by atoms with Crippen molar-refractivity contribution in [3.8, 4) is 5.75 Å². The highest BCUT2D eigenvalue weighted by Gasteiger charge is 2.57. The van der Waals surface area contributed by atoms with E-state index in [2.05, 4.69) is 61.3 Å². The summed E-state index contributed by atoms with van der Waals surface area (Å²) < 4.78 is 58.1. The van der Waals surface area contributed by atoms with Gasteiger partial charge in [-0.15, -0.1) is 0 Å². The number of hydrogen-bond donors (Lipinski definition) is 2. The van der Waals surface area contributed by atoms with E-state index in [-0.39, 0.29) is 24.2 Å². The van der Waals surface area contributed by atoms with Crippen molar-refractivity contribution in [2.45, 2.75) is 76.1 Å². The lowest BCUT2D eigenvalue weighted by Gasteiger charge is -2.55. The van der Waals surface area contributed by atoms with Crippen molar-refractivity contribution in [3.63, 3.8) is 0 Å². The molecule has 1 saturated heterocycles. The zero-order valence-electron chi connectivity index (χ0n) is 31.1. The van der Waals surface area contributed by atoms with Crippen molar-refractivity contribution >= 4 is 18.7 Å². The second-order valence-electron chi connectivity index (χ2n) is 16.1. The first kappa shape index (κ1) is 38.3. The number of halogens is 3. The average Bonchev–Trinajstić information content (AvgIpc) is 3.08. The zero-order valence-corrected chi connectivity index (χ0v) is 32.1. The number of nitrogens with zero attached hydrogens (tertiary/aromatic N) is 1. The highest BCUT2D eigenvalue weighted by molar-refractivity contribution is 6.99. The first-order valence-electron chi connectivity index (χ1n) is 18.4. The molecule has 52 heavy (non-hydrogen) atoms. The Labute approximate surface area is 308 Å². The van der Waals surface area contributed by atoms with Crippen LogP contribution in [0.15, 0.2) is 103 Å². The van der Waals surface area contributed by atoms with E-state index in [0.29, 0.717) is 37.3 Å². The molecule has 5 nitrogen and oxygen atoms in total. The molecule has 2 aliphatic rings. The van der Waals surface area contributed by atoms with Crippen LogP contribution in [0.5, 0.6) is 5.75 Å². The second kappa shape index (κ2) is 15.1. The molecule has 0 unspecified atom stereocenters. The molecule has 1 fully saturated rings. The van der Waals surface area contributed by atoms with Crippen molar-refractivity contribution in [3.05, 3.63) is 125 Å². The van der Waals surface area contributed by atoms with Gasteiger partial charge in [-0.2, -0.15) is 0 Å². The van der Waals surface area contributed by atoms with E-state index in [1.54, 1.807) is 0 Å². The van der Waals surface area contributed by atoms with Crippen LogP contribution in [0.4, 0.5) is 13.2 Å². The van der Waals surface area contributed by atoms with Crippen LogP contribution in [0.25, 0.3) is 0 Å². The Bertz CT molecular complexity index is 1740. The summed E-state index contributed by atoms with van der Waals surface area (Å²) in [6.07, 6.45) is 0.392. The van der Waals surface area contributed by atoms with Crippen molar-refractivity contribution in [2.75, 3.05) is 39.5 Å². The number of ether oxygens (including phenoxy) is 1. The van der Waals surface area contributed by atoms with Gasteiger partial charge in [0, 0.05) is 45.0 Å². The third kappa shape index (κ3) is 7.89. The lowest BCUT2D eigenvalue weighted by molar-refractivity contribution is -0.0485. The quantitative estimate of drug-likeness (QED) is 0.134. The molecule has 0 spiro atoms. The first-order chi connectivity index (χ1) is 24.7. The van der Waals surface area contributed by atoms with Crippen LogP contribution in [0, 0.1) is 5.92 Å². The van der Waals surface area contributed by atoms with Crippen LogP contribution < -0.4 is 20.4 Å². The van der Waals surface area contributed by atoms with E-state index in [9.17, 15) is 9.50 Å². The monoisotopic (exact) mass is 730 g/mol. The Hall–Kier alpha value is -3.47. The fourth-order valence-corrected chi connectivity index (χ4v) is 13.2. The Kier molecular flexibility index (Phi) is 11.1. The molecule has 2 N–H and O–H groups in total. The molecule has 4 aromatic carbocycles. The molecule has 0 aromatic heterocycles. The van der Waals surface area contributed by atoms with E-state index >= 15 is 8.78 Å². The molecule has 0 aliphatic carbocycles. The van der Waals surface area contributed by atoms with Gasteiger partial charge in [0.2, 0.25) is 5.92 Å². The van der Waals surface area contributed by atoms with Crippen LogP contribution in [0.2, 0.25) is 5.04 Å². The molecule has 0 amide bonds. The number of fused-ring (bicyclic) bond motifs is 1. The minimum atomic E-state index is -3.15. The maximum Gasteiger partial charge on any atom is 0.263 e. The van der Waals surface area contributed by atoms with E-state index in [4.69, 9.17) is 9.16 Å². The van der Waals surface area contributed by atoms with Crippen LogP contribution in [0.1, 0.15) is 63.3 Å². The summed E-state index contributed by atoms with van der Waals surface area (Å²) in [4.78, 5) is 2.16. The topological polar surface area (TPSA) is 54.0 Å². The minimum absolute atomic E-state index is 0.0132. The number of rotatable bonds is 14. The minimum Gasteiger partial charge on any atom is -0.492 e. The molecule has 278 valence electrons. The van der Waals surface area contributed by atoms with Gasteiger partial charge in [-0.3, -0.25) is 14.6 Å². The van der Waals surface area contributed by atoms with Crippen molar-refractivity contribution in [1.82, 2.24) is 10.2 Å². The molecule has 2 atom stereocenters. The van der Waals surface area contributed by atoms with Gasteiger partial charge in [0.1, 0.15) is 18.1 Å². The molecular weight excluding hydrogens is 678 g/mol. The predicted octanol–water partition coefficient (Wildman–Crippen LogP) is 7.23. The van der Waals surface area contributed by atoms with Gasteiger partial charge in [0.25, 0.3) is 8.32 Å². The zero-order chi connectivity index (χ0) is 37.2. The summed E-state index contributed by atoms with van der Waals surface area (Å²) in [6.45, 7) is 12.0. The van der Waals surface area contributed by atoms with Gasteiger partial charge < -0.3 is 14.3 Å². The summed E-state index contributed by atoms with van der Waals surface area (Å²) in [7, 11) is -3.15. The van der Waals surface area contributed by atoms with Crippen LogP contribution in [-0.2, 0) is 22.8 Å². The number of likely N-dealkylation sites (tertiary alicyclic amines) is 1. The van der Waals surface area contributed by atoms with Gasteiger partial charge in [0.15, 0.2) is 0 Å². The number of nitrogens with one attached hydrogen (secondary N) is 1. The summed E-state index contributed by atoms with van der Waals surface area (Å²) >= 11 is 0. The SMILES string of the molecule is CC(F)(F)C[C@]1(c2ccc(OCCN3CC(CF)C3)cc2)N[C@](C)(O[Si](c2ccccc2)(c2ccccc2)C(C)(C)C)Cc2cc(CCO)ccc21. The molecule has 0 radical (unpaired) electrons. The Morgan fingerprint density at radius 2 is 1.50 bits per heavy atom. The number of aliphatic hydroxyl groups is 1. The fraction of sp³-hybridized carbons (Fsp3) is 0.442. The third-order valence-electron chi connectivity index (χ3n) is 10.7. The Morgan fingerprint density at radius 1 is 0.885 bits per heavy atom. The maximum atomic E-state index is 15.7. The van der Waals surface area contributed by atoms with Crippen molar-refractivity contribution < 1.29 is 27.4 Å². The normalized spacial score (nSPS) is 21.4. The summed E-state index contributed by atoms with van der Waals surface area (Å²) in [6, 6.07) is 34.1. The number of alkyl halides is 3. The number of hydrogen-bond acceptors (Lipinski definition) is 5. The molecular formula is C43H53F3N2O3Si. The molecule has 0 saturated carbocycles. The lowest BCUT2D eigenvalue weighted by Crippen LogP contribution is -2.74. The Morgan fingerprint density at radius 3 is 2.04 bits per heavy atom. The van der Waals surface area contributed by atoms with Crippen LogP contribution >= 0.6 is 0 Å². The third-order valence-corrected chi connectivity index (χ3v) is 15.8. The highest BCUT2D eigenvalue weighted by atomic mass is 28.4. The molecule has 6 rings (SSSR count). The number of aliphatic hydroxyl groups excluding tert-OH is 1. The predicted molar refractivity (Wildman–Crippen MR) is 205 cm³/mol. The van der Waals surface area contributed by atoms with Crippen LogP contribution in [0.3, 0.4) is 0 Å². The Balaban J connectivity index is 1.46. The molecule has 2 heterocycles. The lowest BCUT2D eigenvalue weighted by atomic mass is 9.71. The largest absolute Gasteiger partial charge is 0.492 e. The highest BCUT2D eigenvalue weighted by Crippen LogP contribution is 2.48. The molecule has 2 aliphatic heterocycles. The van der Waals surface area contributed by atoms with E-state index < -0.39 is 31.9 Å². The summed E-state index contributed by atoms with van der Waals surface area (Å²) in [5.41, 5.74) is 0.885. The van der Waals surface area contributed by atoms with Crippen molar-refractivity contribution in [2.24, 2.45) is 5.92 Å². The maximum absolute atomic E-state index is 15.7. The smallest absolute Gasteiger partial charge is 0.263 e. The second-order valence-corrected chi connectivity index (χ2v) is 20.3. The first-order valence-corrected chi connectivity index (χ1v) is 20.3. The van der Waals surface area contributed by atoms with Crippen molar-refractivity contribution in [1.29, 1.82) is 0 Å². The van der Waals surface area contributed by atoms with Gasteiger partial charge in [-0.1, -0.05) is 112 Å². The summed E-state index contributed by atoms with van der Waals surface area (Å²) in [5, 5.41) is 15.5. The van der Waals surface area contributed by atoms with E-state index in [1.165, 1.54) is 0 Å². The molecule has 0 bridgehead atoms. The summed E-state index contributed by atoms with van der Waals surface area (Å²) in [5.74, 6) is -2.29. The fourth-order valence-electron chi connectivity index (χ4n) is 8.49. The molecule has 4 aromatic rings. The number of benzene rings is 4. The average molecular weight is 731 g/mol. The van der Waals surface area contributed by atoms with Crippen LogP contribution in [-0.4, -0.2) is 69.5 Å². The standard InChI is InChI=1S/C43H53F3N2O3Si/c1-40(2,3)52(37-12-8-6-9-13-37,38-14-10-7-11-15-38)51-42(5)27-34-26-32(22-24-49)16-21-39(34)43(47-42,31-41(4,45)46)35-17-19-36(20-18-35)50-25-23-48-29-33(28-44)30-48/h6-21,26,33,47,49H,22-25,27-31H2,1-5H3/t42-,43-/m1/s1. The van der Waals surface area contributed by atoms with Gasteiger partial charge in [-0.25, -0.2) is 8.78 Å². The van der Waals surface area contributed by atoms with Gasteiger partial charge in [-0.05, 0) is 70.1 Å². The van der Waals surface area contributed by atoms with E-state index in [0.717, 1.165) is 47.1 Å². The van der Waals surface area contributed by atoms with E-state index in [1.807, 2.05) is 79.7 Å². The van der Waals surface area contributed by atoms with Gasteiger partial charge >= 0.3 is 0 Å². The van der Waals surface area contributed by atoms with Gasteiger partial charge in [0.05, 0.1) is 12.2 Å². The molecule has 9 heteroatoms.